The molecule has 0 aliphatic carbocycles. The number of hydrazine groups is 1. The Morgan fingerprint density at radius 1 is 1.58 bits per heavy atom. The van der Waals surface area contributed by atoms with Crippen LogP contribution < -0.4 is 11.3 Å². The highest BCUT2D eigenvalue weighted by Crippen LogP contribution is 2.21. The third-order valence-electron chi connectivity index (χ3n) is 3.21. The molecule has 1 atom stereocenters. The van der Waals surface area contributed by atoms with Crippen LogP contribution in [0.5, 0.6) is 0 Å². The molecule has 1 fully saturated rings. The van der Waals surface area contributed by atoms with Crippen LogP contribution in [-0.2, 0) is 11.3 Å². The van der Waals surface area contributed by atoms with Crippen LogP contribution in [0.4, 0.5) is 4.39 Å². The third-order valence-corrected chi connectivity index (χ3v) is 3.21. The highest BCUT2D eigenvalue weighted by Gasteiger charge is 2.27. The Morgan fingerprint density at radius 3 is 2.89 bits per heavy atom. The molecular weight excluding hydrogens is 249 g/mol. The number of amides is 2. The van der Waals surface area contributed by atoms with E-state index in [1.54, 1.807) is 4.90 Å². The van der Waals surface area contributed by atoms with Gasteiger partial charge in [-0.05, 0) is 24.1 Å². The lowest BCUT2D eigenvalue weighted by molar-refractivity contribution is -0.128. The molecule has 1 aliphatic heterocycles. The van der Waals surface area contributed by atoms with E-state index in [4.69, 9.17) is 5.84 Å². The Balaban J connectivity index is 2.20. The van der Waals surface area contributed by atoms with Gasteiger partial charge in [0.2, 0.25) is 5.91 Å². The van der Waals surface area contributed by atoms with Gasteiger partial charge in [0.1, 0.15) is 5.82 Å². The standard InChI is InChI=1S/C13H16FN3O2/c1-8-4-12(18)17(6-8)7-10-5-9(13(19)16-15)2-3-11(10)14/h2-3,5,8H,4,6-7,15H2,1H3,(H,16,19). The zero-order valence-electron chi connectivity index (χ0n) is 10.6. The van der Waals surface area contributed by atoms with E-state index in [1.807, 2.05) is 12.3 Å². The van der Waals surface area contributed by atoms with Crippen LogP contribution in [0.25, 0.3) is 0 Å². The summed E-state index contributed by atoms with van der Waals surface area (Å²) in [6.07, 6.45) is 0.491. The second-order valence-electron chi connectivity index (χ2n) is 4.86. The van der Waals surface area contributed by atoms with Crippen LogP contribution in [0.2, 0.25) is 0 Å². The zero-order valence-corrected chi connectivity index (χ0v) is 10.6. The zero-order chi connectivity index (χ0) is 14.0. The summed E-state index contributed by atoms with van der Waals surface area (Å²) >= 11 is 0. The molecule has 2 amide bonds. The van der Waals surface area contributed by atoms with Gasteiger partial charge in [-0.1, -0.05) is 6.92 Å². The van der Waals surface area contributed by atoms with Crippen LogP contribution in [0.1, 0.15) is 29.3 Å². The highest BCUT2D eigenvalue weighted by atomic mass is 19.1. The van der Waals surface area contributed by atoms with Gasteiger partial charge in [0.05, 0.1) is 0 Å². The number of nitrogens with one attached hydrogen (secondary N) is 1. The fraction of sp³-hybridized carbons (Fsp3) is 0.385. The van der Waals surface area contributed by atoms with Gasteiger partial charge in [-0.3, -0.25) is 15.0 Å². The largest absolute Gasteiger partial charge is 0.338 e. The van der Waals surface area contributed by atoms with E-state index < -0.39 is 11.7 Å². The molecule has 5 nitrogen and oxygen atoms in total. The normalized spacial score (nSPS) is 18.8. The van der Waals surface area contributed by atoms with Crippen molar-refractivity contribution >= 4 is 11.8 Å². The number of carbonyl (C=O) groups is 2. The molecule has 1 heterocycles. The van der Waals surface area contributed by atoms with E-state index in [0.29, 0.717) is 18.5 Å². The van der Waals surface area contributed by atoms with Gasteiger partial charge in [-0.25, -0.2) is 10.2 Å². The fourth-order valence-corrected chi connectivity index (χ4v) is 2.25. The van der Waals surface area contributed by atoms with Crippen molar-refractivity contribution in [2.75, 3.05) is 6.54 Å². The number of nitrogen functional groups attached to an aromatic ring is 1. The summed E-state index contributed by atoms with van der Waals surface area (Å²) in [4.78, 5) is 24.7. The van der Waals surface area contributed by atoms with Crippen LogP contribution in [-0.4, -0.2) is 23.3 Å². The van der Waals surface area contributed by atoms with Gasteiger partial charge in [-0.15, -0.1) is 0 Å². The van der Waals surface area contributed by atoms with E-state index >= 15 is 0 Å². The van der Waals surface area contributed by atoms with Crippen LogP contribution in [0.3, 0.4) is 0 Å². The van der Waals surface area contributed by atoms with Gasteiger partial charge >= 0.3 is 0 Å². The first-order chi connectivity index (χ1) is 9.01. The molecule has 2 rings (SSSR count). The molecule has 0 spiro atoms. The summed E-state index contributed by atoms with van der Waals surface area (Å²) in [6, 6.07) is 3.99. The van der Waals surface area contributed by atoms with Crippen molar-refractivity contribution in [3.05, 3.63) is 35.1 Å². The number of rotatable bonds is 3. The van der Waals surface area contributed by atoms with E-state index in [2.05, 4.69) is 0 Å². The molecule has 1 aliphatic rings. The summed E-state index contributed by atoms with van der Waals surface area (Å²) in [5, 5.41) is 0. The molecule has 19 heavy (non-hydrogen) atoms. The molecule has 0 radical (unpaired) electrons. The lowest BCUT2D eigenvalue weighted by atomic mass is 10.1. The van der Waals surface area contributed by atoms with Crippen LogP contribution in [0.15, 0.2) is 18.2 Å². The molecule has 0 bridgehead atoms. The van der Waals surface area contributed by atoms with Gasteiger partial charge in [0.15, 0.2) is 0 Å². The van der Waals surface area contributed by atoms with Gasteiger partial charge in [0, 0.05) is 30.6 Å². The average Bonchev–Trinajstić information content (AvgIpc) is 2.69. The van der Waals surface area contributed by atoms with Crippen molar-refractivity contribution in [2.24, 2.45) is 11.8 Å². The molecule has 6 heteroatoms. The van der Waals surface area contributed by atoms with E-state index in [-0.39, 0.29) is 23.9 Å². The number of hydrogen-bond donors (Lipinski definition) is 2. The Labute approximate surface area is 110 Å². The lowest BCUT2D eigenvalue weighted by Crippen LogP contribution is -2.30. The lowest BCUT2D eigenvalue weighted by Gasteiger charge is -2.17. The average molecular weight is 265 g/mol. The van der Waals surface area contributed by atoms with Gasteiger partial charge < -0.3 is 4.90 Å². The first-order valence-corrected chi connectivity index (χ1v) is 6.08. The minimum absolute atomic E-state index is 0.0144. The van der Waals surface area contributed by atoms with Crippen LogP contribution in [0, 0.1) is 11.7 Å². The van der Waals surface area contributed by atoms with Crippen LogP contribution >= 0.6 is 0 Å². The number of likely N-dealkylation sites (tertiary alicyclic amines) is 1. The molecular formula is C13H16FN3O2. The summed E-state index contributed by atoms with van der Waals surface area (Å²) < 4.78 is 13.7. The maximum atomic E-state index is 13.7. The molecule has 1 unspecified atom stereocenters. The smallest absolute Gasteiger partial charge is 0.265 e. The molecule has 102 valence electrons. The Morgan fingerprint density at radius 2 is 2.32 bits per heavy atom. The molecule has 3 N–H and O–H groups in total. The quantitative estimate of drug-likeness (QED) is 0.482. The van der Waals surface area contributed by atoms with Crippen molar-refractivity contribution in [3.8, 4) is 0 Å². The SMILES string of the molecule is CC1CC(=O)N(Cc2cc(C(=O)NN)ccc2F)C1. The number of nitrogens with zero attached hydrogens (tertiary/aromatic N) is 1. The second-order valence-corrected chi connectivity index (χ2v) is 4.86. The van der Waals surface area contributed by atoms with Gasteiger partial charge in [0.25, 0.3) is 5.91 Å². The maximum absolute atomic E-state index is 13.7. The van der Waals surface area contributed by atoms with Crippen molar-refractivity contribution < 1.29 is 14.0 Å². The summed E-state index contributed by atoms with van der Waals surface area (Å²) in [7, 11) is 0. The number of benzene rings is 1. The van der Waals surface area contributed by atoms with Crippen molar-refractivity contribution in [3.63, 3.8) is 0 Å². The van der Waals surface area contributed by atoms with E-state index in [9.17, 15) is 14.0 Å². The van der Waals surface area contributed by atoms with Crippen molar-refractivity contribution in [2.45, 2.75) is 19.9 Å². The first kappa shape index (κ1) is 13.5. The second kappa shape index (κ2) is 5.36. The summed E-state index contributed by atoms with van der Waals surface area (Å²) in [5.41, 5.74) is 2.59. The molecule has 1 aromatic carbocycles. The Bertz CT molecular complexity index is 519. The number of hydrogen-bond acceptors (Lipinski definition) is 3. The predicted octanol–water partition coefficient (Wildman–Crippen LogP) is 0.798. The molecule has 1 saturated heterocycles. The molecule has 0 saturated carbocycles. The number of carbonyl (C=O) groups excluding carboxylic acids is 2. The Hall–Kier alpha value is -1.95. The van der Waals surface area contributed by atoms with Crippen molar-refractivity contribution in [1.29, 1.82) is 0 Å². The van der Waals surface area contributed by atoms with Gasteiger partial charge in [-0.2, -0.15) is 0 Å². The fourth-order valence-electron chi connectivity index (χ4n) is 2.25. The number of nitrogens with two attached hydrogens (primary N) is 1. The molecule has 0 aromatic heterocycles. The van der Waals surface area contributed by atoms with E-state index in [1.165, 1.54) is 18.2 Å². The van der Waals surface area contributed by atoms with Crippen molar-refractivity contribution in [1.82, 2.24) is 10.3 Å². The molecule has 1 aromatic rings. The minimum atomic E-state index is -0.484. The highest BCUT2D eigenvalue weighted by molar-refractivity contribution is 5.93. The van der Waals surface area contributed by atoms with E-state index in [0.717, 1.165) is 0 Å². The summed E-state index contributed by atoms with van der Waals surface area (Å²) in [6.45, 7) is 2.78. The minimum Gasteiger partial charge on any atom is -0.338 e. The monoisotopic (exact) mass is 265 g/mol. The summed E-state index contributed by atoms with van der Waals surface area (Å²) in [5.74, 6) is 4.42. The number of halogens is 1. The maximum Gasteiger partial charge on any atom is 0.265 e. The topological polar surface area (TPSA) is 75.4 Å². The third kappa shape index (κ3) is 2.90. The first-order valence-electron chi connectivity index (χ1n) is 6.08. The Kier molecular flexibility index (Phi) is 3.80. The predicted molar refractivity (Wildman–Crippen MR) is 67.3 cm³/mol.